The average molecular weight is 874 g/mol. The molecular weight excluding hydrogens is 798 g/mol. The Morgan fingerprint density at radius 1 is 0.966 bits per heavy atom. The van der Waals surface area contributed by atoms with Crippen LogP contribution in [0, 0.1) is 23.6 Å². The summed E-state index contributed by atoms with van der Waals surface area (Å²) in [6.07, 6.45) is 5.44. The number of thiazole rings is 1. The maximum absolute atomic E-state index is 14.8. The van der Waals surface area contributed by atoms with Crippen molar-refractivity contribution in [2.75, 3.05) is 34.9 Å². The van der Waals surface area contributed by atoms with E-state index in [4.69, 9.17) is 47.3 Å². The molecule has 2 aromatic heterocycles. The highest BCUT2D eigenvalue weighted by molar-refractivity contribution is 7.18. The second-order valence-corrected chi connectivity index (χ2v) is 14.1. The van der Waals surface area contributed by atoms with E-state index in [1.165, 1.54) is 31.5 Å². The first-order valence-corrected chi connectivity index (χ1v) is 22.6. The summed E-state index contributed by atoms with van der Waals surface area (Å²) in [5.74, 6) is 2.02. The van der Waals surface area contributed by atoms with Gasteiger partial charge in [0.25, 0.3) is 0 Å². The summed E-state index contributed by atoms with van der Waals surface area (Å²) >= 11 is 14.7. The van der Waals surface area contributed by atoms with Crippen LogP contribution in [0.5, 0.6) is 0 Å². The van der Waals surface area contributed by atoms with Crippen LogP contribution in [0.15, 0.2) is 34.9 Å². The number of ether oxygens (including phenoxy) is 2. The lowest BCUT2D eigenvalue weighted by atomic mass is 9.70. The number of carbonyl (C=O) groups is 1. The number of fused-ring (bicyclic) bond motifs is 3. The van der Waals surface area contributed by atoms with Crippen LogP contribution in [-0.4, -0.2) is 62.1 Å². The van der Waals surface area contributed by atoms with E-state index < -0.39 is 11.4 Å². The number of aromatic nitrogens is 2. The Balaban J connectivity index is 0. The molecule has 0 saturated heterocycles. The molecule has 0 radical (unpaired) electrons. The van der Waals surface area contributed by atoms with Crippen molar-refractivity contribution in [2.24, 2.45) is 29.2 Å². The highest BCUT2D eigenvalue weighted by Gasteiger charge is 2.54. The monoisotopic (exact) mass is 872 g/mol. The first kappa shape index (κ1) is 57.6. The number of halogens is 3. The van der Waals surface area contributed by atoms with E-state index in [2.05, 4.69) is 23.5 Å². The fraction of sp³-hybridized carbons (Fsp3) is 0.622. The summed E-state index contributed by atoms with van der Waals surface area (Å²) in [5.41, 5.74) is 11.4. The summed E-state index contributed by atoms with van der Waals surface area (Å²) < 4.78 is 34.1. The zero-order valence-corrected chi connectivity index (χ0v) is 40.3. The minimum Gasteiger partial charge on any atom is -0.400 e. The van der Waals surface area contributed by atoms with Gasteiger partial charge in [-0.25, -0.2) is 9.37 Å². The average Bonchev–Trinajstić information content (AvgIpc) is 3.84. The number of nitrogens with two attached hydrogens (primary N) is 2. The first-order valence-electron chi connectivity index (χ1n) is 21.0. The van der Waals surface area contributed by atoms with Gasteiger partial charge in [0, 0.05) is 42.7 Å². The summed E-state index contributed by atoms with van der Waals surface area (Å²) in [7, 11) is 5.72. The standard InChI is InChI=1S/C32H31Cl2FN2O4S.5C2H6.2CH5N.CH4O/c1-16-8-19-11-32(15-39-2,12-20(16)26(19)31-36-29-24(35)9-17(13-38)10-25(29)42-31)40-14-21-28(37-41-30(21)18-6-7-18)27-22(33)4-3-5-23(27)34;8*1-2/h3-5,9-10,13,16,18-20,26H,6-8,11-12,14-15H2,1-2H3;5*1-2H3;2*2H2,1H3;2H,1H3. The zero-order valence-electron chi connectivity index (χ0n) is 38.0. The largest absolute Gasteiger partial charge is 0.400 e. The smallest absolute Gasteiger partial charge is 0.151 e. The molecule has 2 bridgehead atoms. The van der Waals surface area contributed by atoms with Crippen LogP contribution >= 0.6 is 34.5 Å². The van der Waals surface area contributed by atoms with Crippen molar-refractivity contribution in [2.45, 2.75) is 132 Å². The van der Waals surface area contributed by atoms with Crippen molar-refractivity contribution in [3.63, 3.8) is 0 Å². The van der Waals surface area contributed by atoms with E-state index in [-0.39, 0.29) is 5.92 Å². The highest BCUT2D eigenvalue weighted by Crippen LogP contribution is 2.59. The predicted molar refractivity (Wildman–Crippen MR) is 246 cm³/mol. The van der Waals surface area contributed by atoms with E-state index in [9.17, 15) is 9.18 Å². The van der Waals surface area contributed by atoms with Crippen LogP contribution < -0.4 is 11.5 Å². The van der Waals surface area contributed by atoms with Crippen molar-refractivity contribution in [1.82, 2.24) is 10.1 Å². The molecular formula is C45H75Cl2FN4O5S. The first-order chi connectivity index (χ1) is 28.3. The van der Waals surface area contributed by atoms with Gasteiger partial charge >= 0.3 is 0 Å². The number of aliphatic hydroxyl groups excluding tert-OH is 1. The molecule has 3 fully saturated rings. The lowest BCUT2D eigenvalue weighted by Crippen LogP contribution is -2.45. The zero-order chi connectivity index (χ0) is 45.2. The Kier molecular flexibility index (Phi) is 31.2. The number of nitrogens with zero attached hydrogens (tertiary/aromatic N) is 2. The Bertz CT molecular complexity index is 1670. The van der Waals surface area contributed by atoms with Gasteiger partial charge in [0.2, 0.25) is 0 Å². The van der Waals surface area contributed by atoms with Gasteiger partial charge < -0.3 is 30.6 Å². The Labute approximate surface area is 363 Å². The quantitative estimate of drug-likeness (QED) is 0.140. The highest BCUT2D eigenvalue weighted by atomic mass is 35.5. The second-order valence-electron chi connectivity index (χ2n) is 12.2. The normalized spacial score (nSPS) is 20.5. The van der Waals surface area contributed by atoms with Gasteiger partial charge in [0.1, 0.15) is 23.3 Å². The predicted octanol–water partition coefficient (Wildman–Crippen LogP) is 12.7. The SMILES string of the molecule is CC.CC.CC.CC.CC.CN.CN.CO.COCC1(OCc2c(-c3c(Cl)cccc3Cl)noc2C2CC2)CC2CC(C)C(C1)C2c1nc2c(F)cc(C=O)cc2s1. The number of aliphatic hydroxyl groups is 1. The molecule has 5 atom stereocenters. The van der Waals surface area contributed by atoms with Crippen LogP contribution in [0.1, 0.15) is 147 Å². The number of hydrogen-bond donors (Lipinski definition) is 3. The van der Waals surface area contributed by atoms with E-state index in [1.807, 2.05) is 75.3 Å². The lowest BCUT2D eigenvalue weighted by Gasteiger charge is -2.44. The molecule has 0 aliphatic heterocycles. The molecule has 3 aliphatic carbocycles. The minimum absolute atomic E-state index is 0.208. The molecule has 5 unspecified atom stereocenters. The van der Waals surface area contributed by atoms with Gasteiger partial charge in [-0.1, -0.05) is 111 Å². The Morgan fingerprint density at radius 2 is 1.53 bits per heavy atom. The molecule has 2 aromatic carbocycles. The molecule has 2 heterocycles. The third-order valence-corrected chi connectivity index (χ3v) is 11.2. The van der Waals surface area contributed by atoms with Crippen LogP contribution in [0.25, 0.3) is 21.5 Å². The number of benzene rings is 2. The summed E-state index contributed by atoms with van der Waals surface area (Å²) in [6.45, 7) is 23.1. The molecule has 0 amide bonds. The number of hydrogen-bond acceptors (Lipinski definition) is 10. The third-order valence-electron chi connectivity index (χ3n) is 9.42. The van der Waals surface area contributed by atoms with Gasteiger partial charge in [-0.2, -0.15) is 0 Å². The summed E-state index contributed by atoms with van der Waals surface area (Å²) in [4.78, 5) is 16.1. The number of aldehydes is 1. The van der Waals surface area contributed by atoms with Crippen LogP contribution in [0.3, 0.4) is 0 Å². The van der Waals surface area contributed by atoms with Crippen molar-refractivity contribution in [3.05, 3.63) is 68.1 Å². The Hall–Kier alpha value is -2.48. The molecule has 9 nitrogen and oxygen atoms in total. The second kappa shape index (κ2) is 31.4. The molecule has 58 heavy (non-hydrogen) atoms. The van der Waals surface area contributed by atoms with Gasteiger partial charge in [-0.05, 0) is 88.2 Å². The van der Waals surface area contributed by atoms with Crippen molar-refractivity contribution in [1.29, 1.82) is 0 Å². The van der Waals surface area contributed by atoms with Crippen LogP contribution in [-0.2, 0) is 16.1 Å². The number of methoxy groups -OCH3 is 1. The fourth-order valence-corrected chi connectivity index (χ4v) is 9.34. The summed E-state index contributed by atoms with van der Waals surface area (Å²) in [6, 6.07) is 8.42. The molecule has 3 aliphatic rings. The van der Waals surface area contributed by atoms with Crippen LogP contribution in [0.4, 0.5) is 4.39 Å². The van der Waals surface area contributed by atoms with Crippen molar-refractivity contribution >= 4 is 51.0 Å². The molecule has 7 rings (SSSR count). The van der Waals surface area contributed by atoms with E-state index in [0.717, 1.165) is 60.2 Å². The Morgan fingerprint density at radius 3 is 2.03 bits per heavy atom. The fourth-order valence-electron chi connectivity index (χ4n) is 7.47. The van der Waals surface area contributed by atoms with E-state index >= 15 is 0 Å². The molecule has 3 saturated carbocycles. The molecule has 0 spiro atoms. The van der Waals surface area contributed by atoms with Gasteiger partial charge in [-0.3, -0.25) is 4.79 Å². The molecule has 4 aromatic rings. The number of carbonyl (C=O) groups excluding carboxylic acids is 1. The van der Waals surface area contributed by atoms with Gasteiger partial charge in [0.05, 0.1) is 38.6 Å². The topological polar surface area (TPSA) is 147 Å². The minimum atomic E-state index is -0.502. The summed E-state index contributed by atoms with van der Waals surface area (Å²) in [5, 5.41) is 13.4. The molecule has 5 N–H and O–H groups in total. The third kappa shape index (κ3) is 14.3. The van der Waals surface area contributed by atoms with Crippen molar-refractivity contribution < 1.29 is 28.3 Å². The molecule has 332 valence electrons. The maximum atomic E-state index is 14.8. The lowest BCUT2D eigenvalue weighted by molar-refractivity contribution is -0.135. The van der Waals surface area contributed by atoms with E-state index in [0.29, 0.717) is 75.6 Å². The van der Waals surface area contributed by atoms with Crippen molar-refractivity contribution in [3.8, 4) is 11.3 Å². The van der Waals surface area contributed by atoms with E-state index in [1.54, 1.807) is 25.3 Å². The number of rotatable bonds is 9. The van der Waals surface area contributed by atoms with Gasteiger partial charge in [0.15, 0.2) is 5.82 Å². The molecule has 13 heteroatoms. The van der Waals surface area contributed by atoms with Gasteiger partial charge in [-0.15, -0.1) is 11.3 Å². The van der Waals surface area contributed by atoms with Crippen LogP contribution in [0.2, 0.25) is 10.0 Å². The maximum Gasteiger partial charge on any atom is 0.151 e.